The standard InChI is InChI=1S/C13H21NO4S/c1-10(14-7-4-8-19(3,16)17)11-5-6-12(15)13(9-11)18-2/h5-6,9-10,14-15H,4,7-8H2,1-3H3. The van der Waals surface area contributed by atoms with Gasteiger partial charge in [0.15, 0.2) is 11.5 Å². The monoisotopic (exact) mass is 287 g/mol. The second kappa shape index (κ2) is 6.77. The maximum Gasteiger partial charge on any atom is 0.160 e. The Morgan fingerprint density at radius 2 is 2.11 bits per heavy atom. The number of sulfone groups is 1. The Kier molecular flexibility index (Phi) is 5.62. The lowest BCUT2D eigenvalue weighted by Gasteiger charge is -2.15. The zero-order chi connectivity index (χ0) is 14.5. The summed E-state index contributed by atoms with van der Waals surface area (Å²) in [5.41, 5.74) is 0.981. The van der Waals surface area contributed by atoms with Crippen LogP contribution >= 0.6 is 0 Å². The minimum atomic E-state index is -2.90. The molecule has 5 nitrogen and oxygen atoms in total. The van der Waals surface area contributed by atoms with Gasteiger partial charge in [0.2, 0.25) is 0 Å². The van der Waals surface area contributed by atoms with Crippen molar-refractivity contribution in [3.63, 3.8) is 0 Å². The normalized spacial score (nSPS) is 13.2. The van der Waals surface area contributed by atoms with E-state index in [-0.39, 0.29) is 17.5 Å². The zero-order valence-electron chi connectivity index (χ0n) is 11.5. The molecule has 19 heavy (non-hydrogen) atoms. The molecule has 0 heterocycles. The van der Waals surface area contributed by atoms with Gasteiger partial charge in [-0.1, -0.05) is 6.07 Å². The highest BCUT2D eigenvalue weighted by molar-refractivity contribution is 7.90. The smallest absolute Gasteiger partial charge is 0.160 e. The highest BCUT2D eigenvalue weighted by atomic mass is 32.2. The molecular weight excluding hydrogens is 266 g/mol. The minimum absolute atomic E-state index is 0.0639. The number of methoxy groups -OCH3 is 1. The van der Waals surface area contributed by atoms with Crippen LogP contribution in [-0.4, -0.2) is 39.2 Å². The third-order valence-corrected chi connectivity index (χ3v) is 3.88. The maximum atomic E-state index is 11.0. The second-order valence-corrected chi connectivity index (χ2v) is 6.85. The Morgan fingerprint density at radius 3 is 2.68 bits per heavy atom. The van der Waals surface area contributed by atoms with Crippen molar-refractivity contribution in [2.45, 2.75) is 19.4 Å². The van der Waals surface area contributed by atoms with Crippen LogP contribution in [0.25, 0.3) is 0 Å². The second-order valence-electron chi connectivity index (χ2n) is 4.59. The van der Waals surface area contributed by atoms with Gasteiger partial charge < -0.3 is 15.2 Å². The van der Waals surface area contributed by atoms with E-state index in [4.69, 9.17) is 4.74 Å². The molecule has 1 atom stereocenters. The molecule has 0 aromatic heterocycles. The van der Waals surface area contributed by atoms with Gasteiger partial charge in [0.25, 0.3) is 0 Å². The topological polar surface area (TPSA) is 75.6 Å². The fourth-order valence-electron chi connectivity index (χ4n) is 1.73. The van der Waals surface area contributed by atoms with Gasteiger partial charge in [-0.2, -0.15) is 0 Å². The molecule has 0 amide bonds. The molecule has 0 fully saturated rings. The lowest BCUT2D eigenvalue weighted by Crippen LogP contribution is -2.21. The highest BCUT2D eigenvalue weighted by Gasteiger charge is 2.09. The van der Waals surface area contributed by atoms with Crippen molar-refractivity contribution in [3.05, 3.63) is 23.8 Å². The molecule has 1 rings (SSSR count). The summed E-state index contributed by atoms with van der Waals surface area (Å²) in [5, 5.41) is 12.7. The number of rotatable bonds is 7. The van der Waals surface area contributed by atoms with Gasteiger partial charge in [-0.3, -0.25) is 0 Å². The number of nitrogens with one attached hydrogen (secondary N) is 1. The molecule has 1 aromatic carbocycles. The first-order valence-electron chi connectivity index (χ1n) is 6.11. The summed E-state index contributed by atoms with van der Waals surface area (Å²) >= 11 is 0. The fraction of sp³-hybridized carbons (Fsp3) is 0.538. The molecule has 2 N–H and O–H groups in total. The van der Waals surface area contributed by atoms with E-state index in [1.807, 2.05) is 13.0 Å². The molecule has 0 aliphatic carbocycles. The number of ether oxygens (including phenoxy) is 1. The minimum Gasteiger partial charge on any atom is -0.504 e. The molecule has 6 heteroatoms. The van der Waals surface area contributed by atoms with Crippen LogP contribution in [0.5, 0.6) is 11.5 Å². The van der Waals surface area contributed by atoms with Crippen LogP contribution in [0, 0.1) is 0 Å². The van der Waals surface area contributed by atoms with Gasteiger partial charge in [-0.05, 0) is 37.6 Å². The highest BCUT2D eigenvalue weighted by Crippen LogP contribution is 2.28. The van der Waals surface area contributed by atoms with Crippen molar-refractivity contribution in [2.75, 3.05) is 25.7 Å². The Labute approximate surface area is 114 Å². The predicted molar refractivity (Wildman–Crippen MR) is 75.4 cm³/mol. The molecule has 0 saturated heterocycles. The molecule has 1 unspecified atom stereocenters. The largest absolute Gasteiger partial charge is 0.504 e. The van der Waals surface area contributed by atoms with Crippen molar-refractivity contribution in [2.24, 2.45) is 0 Å². The molecule has 0 aliphatic heterocycles. The van der Waals surface area contributed by atoms with Crippen molar-refractivity contribution >= 4 is 9.84 Å². The molecule has 108 valence electrons. The number of hydrogen-bond donors (Lipinski definition) is 2. The number of benzene rings is 1. The Bertz CT molecular complexity index is 513. The quantitative estimate of drug-likeness (QED) is 0.743. The lowest BCUT2D eigenvalue weighted by atomic mass is 10.1. The van der Waals surface area contributed by atoms with Crippen molar-refractivity contribution < 1.29 is 18.3 Å². The van der Waals surface area contributed by atoms with Crippen LogP contribution in [0.2, 0.25) is 0 Å². The Balaban J connectivity index is 2.52. The fourth-order valence-corrected chi connectivity index (χ4v) is 2.40. The number of aromatic hydroxyl groups is 1. The molecule has 0 aliphatic rings. The van der Waals surface area contributed by atoms with E-state index in [1.54, 1.807) is 12.1 Å². The first-order valence-corrected chi connectivity index (χ1v) is 8.17. The van der Waals surface area contributed by atoms with E-state index in [2.05, 4.69) is 5.32 Å². The van der Waals surface area contributed by atoms with Crippen LogP contribution in [0.15, 0.2) is 18.2 Å². The van der Waals surface area contributed by atoms with E-state index in [9.17, 15) is 13.5 Å². The summed E-state index contributed by atoms with van der Waals surface area (Å²) in [6.07, 6.45) is 1.82. The number of phenols is 1. The SMILES string of the molecule is COc1cc(C(C)NCCCS(C)(=O)=O)ccc1O. The summed E-state index contributed by atoms with van der Waals surface area (Å²) in [4.78, 5) is 0. The van der Waals surface area contributed by atoms with E-state index in [0.717, 1.165) is 5.56 Å². The van der Waals surface area contributed by atoms with Crippen molar-refractivity contribution in [3.8, 4) is 11.5 Å². The predicted octanol–water partition coefficient (Wildman–Crippen LogP) is 1.49. The molecular formula is C13H21NO4S. The van der Waals surface area contributed by atoms with Crippen molar-refractivity contribution in [1.82, 2.24) is 5.32 Å². The summed E-state index contributed by atoms with van der Waals surface area (Å²) in [7, 11) is -1.39. The van der Waals surface area contributed by atoms with Gasteiger partial charge in [-0.25, -0.2) is 8.42 Å². The van der Waals surface area contributed by atoms with Gasteiger partial charge in [0.05, 0.1) is 12.9 Å². The number of hydrogen-bond acceptors (Lipinski definition) is 5. The molecule has 0 bridgehead atoms. The van der Waals surface area contributed by atoms with Crippen LogP contribution in [0.3, 0.4) is 0 Å². The van der Waals surface area contributed by atoms with Gasteiger partial charge in [0, 0.05) is 12.3 Å². The van der Waals surface area contributed by atoms with Crippen LogP contribution in [0.4, 0.5) is 0 Å². The van der Waals surface area contributed by atoms with Gasteiger partial charge >= 0.3 is 0 Å². The average Bonchev–Trinajstić information content (AvgIpc) is 2.33. The van der Waals surface area contributed by atoms with Crippen LogP contribution in [0.1, 0.15) is 24.9 Å². The summed E-state index contributed by atoms with van der Waals surface area (Å²) < 4.78 is 27.0. The number of phenolic OH excluding ortho intramolecular Hbond substituents is 1. The molecule has 0 spiro atoms. The van der Waals surface area contributed by atoms with E-state index >= 15 is 0 Å². The van der Waals surface area contributed by atoms with E-state index < -0.39 is 9.84 Å². The van der Waals surface area contributed by atoms with Crippen LogP contribution < -0.4 is 10.1 Å². The van der Waals surface area contributed by atoms with E-state index in [0.29, 0.717) is 18.7 Å². The first kappa shape index (κ1) is 15.8. The molecule has 0 radical (unpaired) electrons. The van der Waals surface area contributed by atoms with Crippen LogP contribution in [-0.2, 0) is 9.84 Å². The third-order valence-electron chi connectivity index (χ3n) is 2.85. The summed E-state index contributed by atoms with van der Waals surface area (Å²) in [6.45, 7) is 2.60. The Morgan fingerprint density at radius 1 is 1.42 bits per heavy atom. The Hall–Kier alpha value is -1.27. The summed E-state index contributed by atoms with van der Waals surface area (Å²) in [5.74, 6) is 0.726. The van der Waals surface area contributed by atoms with E-state index in [1.165, 1.54) is 13.4 Å². The van der Waals surface area contributed by atoms with Crippen molar-refractivity contribution in [1.29, 1.82) is 0 Å². The third kappa shape index (κ3) is 5.48. The van der Waals surface area contributed by atoms with Gasteiger partial charge in [-0.15, -0.1) is 0 Å². The lowest BCUT2D eigenvalue weighted by molar-refractivity contribution is 0.372. The van der Waals surface area contributed by atoms with Gasteiger partial charge in [0.1, 0.15) is 9.84 Å². The maximum absolute atomic E-state index is 11.0. The zero-order valence-corrected chi connectivity index (χ0v) is 12.3. The molecule has 1 aromatic rings. The summed E-state index contributed by atoms with van der Waals surface area (Å²) in [6, 6.07) is 5.23. The molecule has 0 saturated carbocycles. The average molecular weight is 287 g/mol. The first-order chi connectivity index (χ1) is 8.83.